The highest BCUT2D eigenvalue weighted by atomic mass is 35.5. The molecule has 0 aliphatic rings. The molecule has 0 aromatic heterocycles. The number of nitrogens with one attached hydrogen (secondary N) is 1. The fourth-order valence-corrected chi connectivity index (χ4v) is 1.66. The zero-order chi connectivity index (χ0) is 13.4. The van der Waals surface area contributed by atoms with Crippen LogP contribution in [-0.4, -0.2) is 30.9 Å². The Labute approximate surface area is 114 Å². The number of rotatable bonds is 8. The summed E-state index contributed by atoms with van der Waals surface area (Å²) in [7, 11) is 0. The van der Waals surface area contributed by atoms with Gasteiger partial charge < -0.3 is 15.2 Å². The number of aliphatic hydroxyl groups excluding tert-OH is 1. The van der Waals surface area contributed by atoms with Crippen molar-refractivity contribution in [1.29, 1.82) is 0 Å². The Hall–Kier alpha value is -0.770. The van der Waals surface area contributed by atoms with E-state index in [0.29, 0.717) is 23.2 Å². The first-order valence-electron chi connectivity index (χ1n) is 6.35. The van der Waals surface area contributed by atoms with Crippen molar-refractivity contribution >= 4 is 11.6 Å². The van der Waals surface area contributed by atoms with Crippen molar-refractivity contribution in [3.63, 3.8) is 0 Å². The average Bonchev–Trinajstić information content (AvgIpc) is 2.33. The summed E-state index contributed by atoms with van der Waals surface area (Å²) in [5.74, 6) is 1.29. The monoisotopic (exact) mass is 271 g/mol. The number of hydrogen-bond acceptors (Lipinski definition) is 3. The Morgan fingerprint density at radius 2 is 2.06 bits per heavy atom. The van der Waals surface area contributed by atoms with Crippen molar-refractivity contribution in [2.24, 2.45) is 5.92 Å². The molecule has 1 atom stereocenters. The molecular formula is C14H22ClNO2. The van der Waals surface area contributed by atoms with Gasteiger partial charge in [-0.2, -0.15) is 0 Å². The predicted octanol–water partition coefficient (Wildman–Crippen LogP) is 2.72. The molecule has 18 heavy (non-hydrogen) atoms. The molecule has 1 rings (SSSR count). The number of aliphatic hydroxyl groups is 1. The van der Waals surface area contributed by atoms with E-state index >= 15 is 0 Å². The summed E-state index contributed by atoms with van der Waals surface area (Å²) < 4.78 is 5.45. The number of hydrogen-bond donors (Lipinski definition) is 2. The van der Waals surface area contributed by atoms with E-state index < -0.39 is 6.10 Å². The normalized spacial score (nSPS) is 12.7. The van der Waals surface area contributed by atoms with E-state index in [0.717, 1.165) is 13.0 Å². The molecule has 0 heterocycles. The van der Waals surface area contributed by atoms with Crippen LogP contribution in [0.5, 0.6) is 5.75 Å². The Balaban J connectivity index is 2.17. The van der Waals surface area contributed by atoms with Gasteiger partial charge in [0.15, 0.2) is 0 Å². The van der Waals surface area contributed by atoms with E-state index in [-0.39, 0.29) is 6.61 Å². The van der Waals surface area contributed by atoms with Crippen molar-refractivity contribution in [1.82, 2.24) is 5.32 Å². The average molecular weight is 272 g/mol. The maximum absolute atomic E-state index is 9.74. The van der Waals surface area contributed by atoms with Crippen LogP contribution in [0, 0.1) is 5.92 Å². The summed E-state index contributed by atoms with van der Waals surface area (Å²) in [6.45, 7) is 6.06. The molecule has 4 heteroatoms. The van der Waals surface area contributed by atoms with Crippen LogP contribution in [0.1, 0.15) is 20.3 Å². The van der Waals surface area contributed by atoms with Gasteiger partial charge in [-0.25, -0.2) is 0 Å². The largest absolute Gasteiger partial charge is 0.489 e. The SMILES string of the molecule is CC(C)CCNCC(O)COc1ccccc1Cl. The number of para-hydroxylation sites is 1. The summed E-state index contributed by atoms with van der Waals surface area (Å²) >= 11 is 5.95. The second-order valence-corrected chi connectivity index (χ2v) is 5.19. The summed E-state index contributed by atoms with van der Waals surface area (Å²) in [4.78, 5) is 0. The summed E-state index contributed by atoms with van der Waals surface area (Å²) in [6, 6.07) is 7.26. The van der Waals surface area contributed by atoms with Gasteiger partial charge >= 0.3 is 0 Å². The fourth-order valence-electron chi connectivity index (χ4n) is 1.47. The smallest absolute Gasteiger partial charge is 0.138 e. The van der Waals surface area contributed by atoms with Crippen LogP contribution in [0.4, 0.5) is 0 Å². The van der Waals surface area contributed by atoms with Crippen LogP contribution in [0.15, 0.2) is 24.3 Å². The third kappa shape index (κ3) is 6.24. The van der Waals surface area contributed by atoms with E-state index in [4.69, 9.17) is 16.3 Å². The summed E-state index contributed by atoms with van der Waals surface area (Å²) in [5.41, 5.74) is 0. The highest BCUT2D eigenvalue weighted by Crippen LogP contribution is 2.22. The Kier molecular flexibility index (Phi) is 7.09. The maximum atomic E-state index is 9.74. The molecule has 2 N–H and O–H groups in total. The first kappa shape index (κ1) is 15.3. The molecule has 0 aliphatic carbocycles. The molecule has 3 nitrogen and oxygen atoms in total. The second kappa shape index (κ2) is 8.35. The van der Waals surface area contributed by atoms with E-state index in [1.165, 1.54) is 0 Å². The van der Waals surface area contributed by atoms with Crippen molar-refractivity contribution in [3.8, 4) is 5.75 Å². The van der Waals surface area contributed by atoms with Crippen LogP contribution in [0.3, 0.4) is 0 Å². The third-order valence-corrected chi connectivity index (χ3v) is 2.86. The lowest BCUT2D eigenvalue weighted by molar-refractivity contribution is 0.106. The van der Waals surface area contributed by atoms with E-state index in [9.17, 15) is 5.11 Å². The van der Waals surface area contributed by atoms with E-state index in [2.05, 4.69) is 19.2 Å². The molecule has 0 spiro atoms. The highest BCUT2D eigenvalue weighted by Gasteiger charge is 2.06. The lowest BCUT2D eigenvalue weighted by Gasteiger charge is -2.14. The Morgan fingerprint density at radius 3 is 2.72 bits per heavy atom. The zero-order valence-corrected chi connectivity index (χ0v) is 11.8. The molecule has 102 valence electrons. The quantitative estimate of drug-likeness (QED) is 0.715. The number of ether oxygens (including phenoxy) is 1. The molecule has 0 bridgehead atoms. The Bertz CT molecular complexity index is 344. The van der Waals surface area contributed by atoms with Crippen molar-refractivity contribution < 1.29 is 9.84 Å². The topological polar surface area (TPSA) is 41.5 Å². The molecular weight excluding hydrogens is 250 g/mol. The van der Waals surface area contributed by atoms with Crippen LogP contribution in [0.25, 0.3) is 0 Å². The fraction of sp³-hybridized carbons (Fsp3) is 0.571. The van der Waals surface area contributed by atoms with Gasteiger partial charge in [-0.1, -0.05) is 37.6 Å². The zero-order valence-electron chi connectivity index (χ0n) is 11.0. The molecule has 0 fully saturated rings. The van der Waals surface area contributed by atoms with Gasteiger partial charge in [0.2, 0.25) is 0 Å². The molecule has 1 aromatic rings. The molecule has 0 radical (unpaired) electrons. The number of benzene rings is 1. The minimum absolute atomic E-state index is 0.248. The van der Waals surface area contributed by atoms with Gasteiger partial charge in [0, 0.05) is 6.54 Å². The summed E-state index contributed by atoms with van der Waals surface area (Å²) in [6.07, 6.45) is 0.589. The van der Waals surface area contributed by atoms with E-state index in [1.807, 2.05) is 12.1 Å². The van der Waals surface area contributed by atoms with E-state index in [1.54, 1.807) is 12.1 Å². The van der Waals surface area contributed by atoms with Crippen molar-refractivity contribution in [3.05, 3.63) is 29.3 Å². The minimum Gasteiger partial charge on any atom is -0.489 e. The second-order valence-electron chi connectivity index (χ2n) is 4.78. The van der Waals surface area contributed by atoms with Crippen molar-refractivity contribution in [2.45, 2.75) is 26.4 Å². The molecule has 1 unspecified atom stereocenters. The van der Waals surface area contributed by atoms with Gasteiger partial charge in [0.25, 0.3) is 0 Å². The molecule has 1 aromatic carbocycles. The lowest BCUT2D eigenvalue weighted by atomic mass is 10.1. The Morgan fingerprint density at radius 1 is 1.33 bits per heavy atom. The number of halogens is 1. The summed E-state index contributed by atoms with van der Waals surface area (Å²) in [5, 5.41) is 13.5. The molecule has 0 saturated heterocycles. The standard InChI is InChI=1S/C14H22ClNO2/c1-11(2)7-8-16-9-12(17)10-18-14-6-4-3-5-13(14)15/h3-6,11-12,16-17H,7-10H2,1-2H3. The minimum atomic E-state index is -0.520. The van der Waals surface area contributed by atoms with Gasteiger partial charge in [-0.05, 0) is 31.0 Å². The molecule has 0 amide bonds. The molecule has 0 saturated carbocycles. The van der Waals surface area contributed by atoms with Crippen LogP contribution in [0.2, 0.25) is 5.02 Å². The van der Waals surface area contributed by atoms with Gasteiger partial charge in [0.05, 0.1) is 5.02 Å². The van der Waals surface area contributed by atoms with Crippen LogP contribution < -0.4 is 10.1 Å². The van der Waals surface area contributed by atoms with Crippen LogP contribution >= 0.6 is 11.6 Å². The first-order valence-corrected chi connectivity index (χ1v) is 6.73. The van der Waals surface area contributed by atoms with Gasteiger partial charge in [-0.3, -0.25) is 0 Å². The predicted molar refractivity (Wildman–Crippen MR) is 75.3 cm³/mol. The van der Waals surface area contributed by atoms with Crippen LogP contribution in [-0.2, 0) is 0 Å². The van der Waals surface area contributed by atoms with Gasteiger partial charge in [-0.15, -0.1) is 0 Å². The first-order chi connectivity index (χ1) is 8.59. The lowest BCUT2D eigenvalue weighted by Crippen LogP contribution is -2.32. The van der Waals surface area contributed by atoms with Gasteiger partial charge in [0.1, 0.15) is 18.5 Å². The molecule has 0 aliphatic heterocycles. The maximum Gasteiger partial charge on any atom is 0.138 e. The van der Waals surface area contributed by atoms with Crippen molar-refractivity contribution in [2.75, 3.05) is 19.7 Å². The third-order valence-electron chi connectivity index (χ3n) is 2.55. The highest BCUT2D eigenvalue weighted by molar-refractivity contribution is 6.32.